The predicted octanol–water partition coefficient (Wildman–Crippen LogP) is 1.09. The average molecular weight is 281 g/mol. The molecule has 0 fully saturated rings. The molecule has 17 heavy (non-hydrogen) atoms. The summed E-state index contributed by atoms with van der Waals surface area (Å²) in [5.74, 6) is 5.92. The maximum atomic E-state index is 9.11. The van der Waals surface area contributed by atoms with E-state index in [1.807, 2.05) is 0 Å². The van der Waals surface area contributed by atoms with Gasteiger partial charge in [-0.3, -0.25) is 0 Å². The van der Waals surface area contributed by atoms with Gasteiger partial charge in [-0.2, -0.15) is 0 Å². The van der Waals surface area contributed by atoms with Crippen LogP contribution in [0.25, 0.3) is 0 Å². The Morgan fingerprint density at radius 3 is 2.65 bits per heavy atom. The van der Waals surface area contributed by atoms with Crippen LogP contribution in [0.2, 0.25) is 10.0 Å². The van der Waals surface area contributed by atoms with Gasteiger partial charge in [0, 0.05) is 7.11 Å². The molecule has 0 amide bonds. The van der Waals surface area contributed by atoms with Crippen LogP contribution < -0.4 is 16.6 Å². The zero-order valence-corrected chi connectivity index (χ0v) is 10.7. The van der Waals surface area contributed by atoms with E-state index in [1.165, 1.54) is 13.2 Å². The number of rotatable bonds is 6. The Morgan fingerprint density at radius 2 is 2.12 bits per heavy atom. The van der Waals surface area contributed by atoms with Crippen molar-refractivity contribution in [1.29, 1.82) is 0 Å². The summed E-state index contributed by atoms with van der Waals surface area (Å²) in [7, 11) is 1.54. The Labute approximate surface area is 109 Å². The van der Waals surface area contributed by atoms with Gasteiger partial charge in [0.15, 0.2) is 5.82 Å². The molecule has 96 valence electrons. The molecular weight excluding hydrogens is 267 g/mol. The molecule has 1 unspecified atom stereocenters. The summed E-state index contributed by atoms with van der Waals surface area (Å²) in [5.41, 5.74) is 2.35. The third-order valence-corrected chi connectivity index (χ3v) is 2.57. The number of hydrogen-bond acceptors (Lipinski definition) is 6. The molecule has 0 aliphatic rings. The van der Waals surface area contributed by atoms with E-state index in [0.717, 1.165) is 0 Å². The number of methoxy groups -OCH3 is 1. The summed E-state index contributed by atoms with van der Waals surface area (Å²) in [6.07, 6.45) is 0. The van der Waals surface area contributed by atoms with Crippen LogP contribution in [-0.2, 0) is 4.74 Å². The summed E-state index contributed by atoms with van der Waals surface area (Å²) >= 11 is 11.8. The first kappa shape index (κ1) is 14.3. The first-order valence-electron chi connectivity index (χ1n) is 4.81. The molecule has 0 aliphatic carbocycles. The van der Waals surface area contributed by atoms with Crippen molar-refractivity contribution < 1.29 is 9.84 Å². The number of halogens is 2. The molecule has 0 bridgehead atoms. The molecular formula is C9H14Cl2N4O2. The van der Waals surface area contributed by atoms with Crippen LogP contribution in [0.4, 0.5) is 11.6 Å². The van der Waals surface area contributed by atoms with E-state index in [0.29, 0.717) is 28.3 Å². The second-order valence-electron chi connectivity index (χ2n) is 3.27. The van der Waals surface area contributed by atoms with Crippen molar-refractivity contribution in [2.24, 2.45) is 5.84 Å². The lowest BCUT2D eigenvalue weighted by atomic mass is 10.3. The van der Waals surface area contributed by atoms with Gasteiger partial charge in [0.1, 0.15) is 5.82 Å². The highest BCUT2D eigenvalue weighted by atomic mass is 35.5. The van der Waals surface area contributed by atoms with E-state index in [2.05, 4.69) is 15.7 Å². The van der Waals surface area contributed by atoms with Gasteiger partial charge in [-0.25, -0.2) is 10.8 Å². The fraction of sp³-hybridized carbons (Fsp3) is 0.444. The number of pyridine rings is 1. The van der Waals surface area contributed by atoms with Crippen molar-refractivity contribution in [3.63, 3.8) is 0 Å². The smallest absolute Gasteiger partial charge is 0.161 e. The number of aliphatic hydroxyl groups excluding tert-OH is 1. The maximum Gasteiger partial charge on any atom is 0.161 e. The van der Waals surface area contributed by atoms with Gasteiger partial charge in [0.05, 0.1) is 29.3 Å². The lowest BCUT2D eigenvalue weighted by molar-refractivity contribution is 0.153. The highest BCUT2D eigenvalue weighted by Gasteiger charge is 2.13. The molecule has 1 rings (SSSR count). The fourth-order valence-electron chi connectivity index (χ4n) is 1.20. The molecule has 6 nitrogen and oxygen atoms in total. The number of hydrogen-bond donors (Lipinski definition) is 4. The Hall–Kier alpha value is -0.790. The first-order valence-corrected chi connectivity index (χ1v) is 5.57. The van der Waals surface area contributed by atoms with Crippen LogP contribution in [0.3, 0.4) is 0 Å². The molecule has 0 saturated carbocycles. The summed E-state index contributed by atoms with van der Waals surface area (Å²) in [6.45, 7) is 0.211. The highest BCUT2D eigenvalue weighted by molar-refractivity contribution is 6.37. The monoisotopic (exact) mass is 280 g/mol. The normalized spacial score (nSPS) is 12.3. The molecule has 8 heteroatoms. The van der Waals surface area contributed by atoms with Crippen LogP contribution in [0.1, 0.15) is 0 Å². The standard InChI is InChI=1S/C9H14Cl2N4O2/c1-17-4-5(3-16)13-8-6(10)2-7(11)9(14-8)15-12/h2,5,16H,3-4,12H2,1H3,(H2,13,14,15). The minimum Gasteiger partial charge on any atom is -0.394 e. The SMILES string of the molecule is COCC(CO)Nc1nc(NN)c(Cl)cc1Cl. The van der Waals surface area contributed by atoms with Crippen LogP contribution in [-0.4, -0.2) is 36.5 Å². The first-order chi connectivity index (χ1) is 8.12. The number of aliphatic hydroxyl groups is 1. The number of nitrogen functional groups attached to an aromatic ring is 1. The molecule has 0 spiro atoms. The number of ether oxygens (including phenoxy) is 1. The number of nitrogens with zero attached hydrogens (tertiary/aromatic N) is 1. The van der Waals surface area contributed by atoms with E-state index >= 15 is 0 Å². The van der Waals surface area contributed by atoms with Crippen molar-refractivity contribution in [2.75, 3.05) is 31.1 Å². The van der Waals surface area contributed by atoms with Gasteiger partial charge in [0.25, 0.3) is 0 Å². The number of anilines is 2. The predicted molar refractivity (Wildman–Crippen MR) is 68.4 cm³/mol. The van der Waals surface area contributed by atoms with Gasteiger partial charge >= 0.3 is 0 Å². The number of nitrogens with one attached hydrogen (secondary N) is 2. The molecule has 1 aromatic heterocycles. The van der Waals surface area contributed by atoms with Gasteiger partial charge < -0.3 is 20.6 Å². The van der Waals surface area contributed by atoms with Crippen molar-refractivity contribution in [1.82, 2.24) is 4.98 Å². The summed E-state index contributed by atoms with van der Waals surface area (Å²) < 4.78 is 4.93. The Kier molecular flexibility index (Phi) is 5.73. The molecule has 0 saturated heterocycles. The van der Waals surface area contributed by atoms with Crippen LogP contribution in [0.5, 0.6) is 0 Å². The maximum absolute atomic E-state index is 9.11. The summed E-state index contributed by atoms with van der Waals surface area (Å²) in [4.78, 5) is 4.08. The Balaban J connectivity index is 2.89. The fourth-order valence-corrected chi connectivity index (χ4v) is 1.67. The molecule has 0 radical (unpaired) electrons. The number of nitrogens with two attached hydrogens (primary N) is 1. The number of hydrazine groups is 1. The molecule has 5 N–H and O–H groups in total. The van der Waals surface area contributed by atoms with Crippen LogP contribution in [0.15, 0.2) is 6.07 Å². The van der Waals surface area contributed by atoms with Crippen LogP contribution in [0, 0.1) is 0 Å². The summed E-state index contributed by atoms with van der Waals surface area (Å²) in [5, 5.41) is 12.7. The van der Waals surface area contributed by atoms with Crippen molar-refractivity contribution >= 4 is 34.8 Å². The summed E-state index contributed by atoms with van der Waals surface area (Å²) in [6, 6.07) is 1.20. The zero-order valence-electron chi connectivity index (χ0n) is 9.20. The van der Waals surface area contributed by atoms with Gasteiger partial charge in [-0.15, -0.1) is 0 Å². The minimum absolute atomic E-state index is 0.111. The molecule has 0 aliphatic heterocycles. The van der Waals surface area contributed by atoms with E-state index < -0.39 is 0 Å². The second-order valence-corrected chi connectivity index (χ2v) is 4.09. The van der Waals surface area contributed by atoms with Gasteiger partial charge in [-0.05, 0) is 6.07 Å². The van der Waals surface area contributed by atoms with Crippen molar-refractivity contribution in [3.05, 3.63) is 16.1 Å². The average Bonchev–Trinajstić information content (AvgIpc) is 2.31. The van der Waals surface area contributed by atoms with E-state index in [9.17, 15) is 0 Å². The van der Waals surface area contributed by atoms with Crippen molar-refractivity contribution in [3.8, 4) is 0 Å². The minimum atomic E-state index is -0.309. The van der Waals surface area contributed by atoms with Crippen molar-refractivity contribution in [2.45, 2.75) is 6.04 Å². The van der Waals surface area contributed by atoms with E-state index in [-0.39, 0.29) is 12.6 Å². The lowest BCUT2D eigenvalue weighted by Gasteiger charge is -2.17. The lowest BCUT2D eigenvalue weighted by Crippen LogP contribution is -2.29. The molecule has 1 heterocycles. The third kappa shape index (κ3) is 3.86. The number of aromatic nitrogens is 1. The molecule has 0 aromatic carbocycles. The van der Waals surface area contributed by atoms with E-state index in [4.69, 9.17) is 38.9 Å². The zero-order chi connectivity index (χ0) is 12.8. The Bertz CT molecular complexity index is 378. The largest absolute Gasteiger partial charge is 0.394 e. The van der Waals surface area contributed by atoms with Crippen LogP contribution >= 0.6 is 23.2 Å². The molecule has 1 atom stereocenters. The highest BCUT2D eigenvalue weighted by Crippen LogP contribution is 2.28. The van der Waals surface area contributed by atoms with E-state index in [1.54, 1.807) is 0 Å². The molecule has 1 aromatic rings. The van der Waals surface area contributed by atoms with Gasteiger partial charge in [-0.1, -0.05) is 23.2 Å². The quantitative estimate of drug-likeness (QED) is 0.461. The second kappa shape index (κ2) is 6.83. The van der Waals surface area contributed by atoms with Gasteiger partial charge in [0.2, 0.25) is 0 Å². The Morgan fingerprint density at radius 1 is 1.47 bits per heavy atom. The third-order valence-electron chi connectivity index (χ3n) is 2.00. The topological polar surface area (TPSA) is 92.4 Å².